The van der Waals surface area contributed by atoms with Gasteiger partial charge in [-0.3, -0.25) is 4.79 Å². The Labute approximate surface area is 105 Å². The summed E-state index contributed by atoms with van der Waals surface area (Å²) in [5.41, 5.74) is -0.962. The second-order valence-electron chi connectivity index (χ2n) is 3.76. The van der Waals surface area contributed by atoms with Crippen LogP contribution in [0.15, 0.2) is 36.4 Å². The third-order valence-electron chi connectivity index (χ3n) is 2.46. The van der Waals surface area contributed by atoms with Crippen molar-refractivity contribution in [3.8, 4) is 11.3 Å². The number of carbonyl (C=O) groups excluding carboxylic acids is 1. The average Bonchev–Trinajstić information content (AvgIpc) is 2.38. The Morgan fingerprint density at radius 1 is 1.00 bits per heavy atom. The number of carbonyl (C=O) groups is 1. The van der Waals surface area contributed by atoms with E-state index in [0.29, 0.717) is 6.29 Å². The number of hydrogen-bond acceptors (Lipinski definition) is 2. The Bertz CT molecular complexity index is 605. The van der Waals surface area contributed by atoms with E-state index in [-0.39, 0.29) is 16.8 Å². The summed E-state index contributed by atoms with van der Waals surface area (Å²) in [5, 5.41) is 0. The molecule has 1 aromatic heterocycles. The predicted molar refractivity (Wildman–Crippen MR) is 60.0 cm³/mol. The van der Waals surface area contributed by atoms with E-state index in [9.17, 15) is 22.4 Å². The third-order valence-corrected chi connectivity index (χ3v) is 2.46. The van der Waals surface area contributed by atoms with E-state index in [0.717, 1.165) is 24.3 Å². The first-order valence-electron chi connectivity index (χ1n) is 5.21. The molecule has 0 fully saturated rings. The minimum atomic E-state index is -4.60. The fourth-order valence-electron chi connectivity index (χ4n) is 1.56. The van der Waals surface area contributed by atoms with Crippen LogP contribution in [-0.4, -0.2) is 11.3 Å². The number of hydrogen-bond donors (Lipinski definition) is 0. The molecule has 0 N–H and O–H groups in total. The van der Waals surface area contributed by atoms with Gasteiger partial charge in [0.15, 0.2) is 6.29 Å². The smallest absolute Gasteiger partial charge is 0.298 e. The van der Waals surface area contributed by atoms with Crippen molar-refractivity contribution in [3.05, 3.63) is 53.5 Å². The monoisotopic (exact) mass is 269 g/mol. The van der Waals surface area contributed by atoms with Crippen molar-refractivity contribution in [2.24, 2.45) is 0 Å². The molecule has 0 saturated heterocycles. The summed E-state index contributed by atoms with van der Waals surface area (Å²) in [6.45, 7) is 0. The number of nitrogens with zero attached hydrogens (tertiary/aromatic N) is 1. The zero-order valence-electron chi connectivity index (χ0n) is 9.41. The molecule has 0 aliphatic rings. The molecule has 0 amide bonds. The predicted octanol–water partition coefficient (Wildman–Crippen LogP) is 3.72. The summed E-state index contributed by atoms with van der Waals surface area (Å²) in [6, 6.07) is 6.49. The fraction of sp³-hybridized carbons (Fsp3) is 0.0769. The molecule has 0 aliphatic heterocycles. The van der Waals surface area contributed by atoms with Crippen LogP contribution in [0.3, 0.4) is 0 Å². The second-order valence-corrected chi connectivity index (χ2v) is 3.76. The first kappa shape index (κ1) is 13.2. The van der Waals surface area contributed by atoms with Crippen LogP contribution in [0.25, 0.3) is 11.3 Å². The van der Waals surface area contributed by atoms with Crippen molar-refractivity contribution in [1.29, 1.82) is 0 Å². The molecular formula is C13H7F4NO. The number of benzene rings is 1. The van der Waals surface area contributed by atoms with E-state index in [1.54, 1.807) is 0 Å². The second kappa shape index (κ2) is 4.79. The van der Waals surface area contributed by atoms with Gasteiger partial charge in [0.05, 0.1) is 5.69 Å². The topological polar surface area (TPSA) is 30.0 Å². The highest BCUT2D eigenvalue weighted by Crippen LogP contribution is 2.30. The maximum atomic E-state index is 12.8. The van der Waals surface area contributed by atoms with Crippen molar-refractivity contribution in [2.45, 2.75) is 6.18 Å². The van der Waals surface area contributed by atoms with Crippen molar-refractivity contribution < 1.29 is 22.4 Å². The van der Waals surface area contributed by atoms with Crippen molar-refractivity contribution in [2.75, 3.05) is 0 Å². The lowest BCUT2D eigenvalue weighted by Gasteiger charge is -2.09. The van der Waals surface area contributed by atoms with Gasteiger partial charge in [0, 0.05) is 11.1 Å². The van der Waals surface area contributed by atoms with E-state index in [2.05, 4.69) is 4.98 Å². The molecule has 0 bridgehead atoms. The molecule has 0 aliphatic carbocycles. The molecule has 98 valence electrons. The maximum absolute atomic E-state index is 12.8. The summed E-state index contributed by atoms with van der Waals surface area (Å²) in [7, 11) is 0. The molecular weight excluding hydrogens is 262 g/mol. The van der Waals surface area contributed by atoms with Crippen LogP contribution in [0, 0.1) is 5.82 Å². The van der Waals surface area contributed by atoms with E-state index >= 15 is 0 Å². The number of aldehydes is 1. The van der Waals surface area contributed by atoms with E-state index in [1.807, 2.05) is 0 Å². The van der Waals surface area contributed by atoms with Crippen LogP contribution in [0.4, 0.5) is 17.6 Å². The molecule has 0 atom stereocenters. The van der Waals surface area contributed by atoms with Crippen LogP contribution in [0.2, 0.25) is 0 Å². The molecule has 2 nitrogen and oxygen atoms in total. The summed E-state index contributed by atoms with van der Waals surface area (Å²) >= 11 is 0. The Morgan fingerprint density at radius 3 is 2.16 bits per heavy atom. The minimum absolute atomic E-state index is 0.0135. The van der Waals surface area contributed by atoms with E-state index < -0.39 is 17.7 Å². The number of aromatic nitrogens is 1. The van der Waals surface area contributed by atoms with Gasteiger partial charge < -0.3 is 0 Å². The highest BCUT2D eigenvalue weighted by Gasteiger charge is 2.33. The molecule has 1 aromatic carbocycles. The van der Waals surface area contributed by atoms with Gasteiger partial charge in [-0.25, -0.2) is 9.37 Å². The van der Waals surface area contributed by atoms with Crippen LogP contribution in [0.5, 0.6) is 0 Å². The number of alkyl halides is 3. The molecule has 0 radical (unpaired) electrons. The molecule has 0 saturated carbocycles. The molecule has 2 aromatic rings. The Balaban J connectivity index is 2.59. The SMILES string of the molecule is O=Cc1ccc(C(F)(F)F)nc1-c1ccc(F)cc1. The third kappa shape index (κ3) is 2.78. The average molecular weight is 269 g/mol. The van der Waals surface area contributed by atoms with Crippen molar-refractivity contribution in [1.82, 2.24) is 4.98 Å². The summed E-state index contributed by atoms with van der Waals surface area (Å²) in [5.74, 6) is -0.525. The molecule has 2 rings (SSSR count). The lowest BCUT2D eigenvalue weighted by molar-refractivity contribution is -0.141. The fourth-order valence-corrected chi connectivity index (χ4v) is 1.56. The Morgan fingerprint density at radius 2 is 1.63 bits per heavy atom. The highest BCUT2D eigenvalue weighted by atomic mass is 19.4. The summed E-state index contributed by atoms with van der Waals surface area (Å²) in [4.78, 5) is 14.3. The zero-order chi connectivity index (χ0) is 14.0. The zero-order valence-corrected chi connectivity index (χ0v) is 9.41. The van der Waals surface area contributed by atoms with Gasteiger partial charge in [-0.15, -0.1) is 0 Å². The quantitative estimate of drug-likeness (QED) is 0.614. The number of pyridine rings is 1. The Kier molecular flexibility index (Phi) is 3.33. The summed E-state index contributed by atoms with van der Waals surface area (Å²) < 4.78 is 50.5. The van der Waals surface area contributed by atoms with E-state index in [1.165, 1.54) is 12.1 Å². The molecule has 0 spiro atoms. The maximum Gasteiger partial charge on any atom is 0.433 e. The van der Waals surface area contributed by atoms with Gasteiger partial charge in [0.1, 0.15) is 11.5 Å². The minimum Gasteiger partial charge on any atom is -0.298 e. The van der Waals surface area contributed by atoms with Crippen LogP contribution in [-0.2, 0) is 6.18 Å². The molecule has 6 heteroatoms. The van der Waals surface area contributed by atoms with Crippen LogP contribution < -0.4 is 0 Å². The highest BCUT2D eigenvalue weighted by molar-refractivity contribution is 5.85. The summed E-state index contributed by atoms with van der Waals surface area (Å²) in [6.07, 6.45) is -4.19. The number of rotatable bonds is 2. The van der Waals surface area contributed by atoms with Gasteiger partial charge in [-0.1, -0.05) is 0 Å². The lowest BCUT2D eigenvalue weighted by Crippen LogP contribution is -2.09. The van der Waals surface area contributed by atoms with Gasteiger partial charge in [0.25, 0.3) is 0 Å². The molecule has 1 heterocycles. The van der Waals surface area contributed by atoms with Gasteiger partial charge in [0.2, 0.25) is 0 Å². The van der Waals surface area contributed by atoms with Crippen molar-refractivity contribution >= 4 is 6.29 Å². The largest absolute Gasteiger partial charge is 0.433 e. The van der Waals surface area contributed by atoms with Crippen molar-refractivity contribution in [3.63, 3.8) is 0 Å². The van der Waals surface area contributed by atoms with Gasteiger partial charge in [-0.2, -0.15) is 13.2 Å². The lowest BCUT2D eigenvalue weighted by atomic mass is 10.1. The van der Waals surface area contributed by atoms with Gasteiger partial charge >= 0.3 is 6.18 Å². The number of halogens is 4. The van der Waals surface area contributed by atoms with Crippen LogP contribution in [0.1, 0.15) is 16.1 Å². The van der Waals surface area contributed by atoms with E-state index in [4.69, 9.17) is 0 Å². The Hall–Kier alpha value is -2.24. The first-order valence-corrected chi connectivity index (χ1v) is 5.21. The normalized spacial score (nSPS) is 11.4. The first-order chi connectivity index (χ1) is 8.91. The molecule has 0 unspecified atom stereocenters. The van der Waals surface area contributed by atoms with Gasteiger partial charge in [-0.05, 0) is 36.4 Å². The standard InChI is InChI=1S/C13H7F4NO/c14-10-4-1-8(2-5-10)12-9(7-19)3-6-11(18-12)13(15,16)17/h1-7H. The van der Waals surface area contributed by atoms with Crippen LogP contribution >= 0.6 is 0 Å². The molecule has 19 heavy (non-hydrogen) atoms.